The zero-order chi connectivity index (χ0) is 17.1. The van der Waals surface area contributed by atoms with Crippen molar-refractivity contribution in [2.24, 2.45) is 7.05 Å². The number of carbonyl (C=O) groups is 2. The van der Waals surface area contributed by atoms with E-state index < -0.39 is 0 Å². The smallest absolute Gasteiger partial charge is 0.251 e. The summed E-state index contributed by atoms with van der Waals surface area (Å²) in [6.45, 7) is 1.87. The average molecular weight is 322 g/mol. The van der Waals surface area contributed by atoms with Gasteiger partial charge in [0.1, 0.15) is 0 Å². The van der Waals surface area contributed by atoms with Crippen molar-refractivity contribution in [2.45, 2.75) is 13.5 Å². The van der Waals surface area contributed by atoms with Gasteiger partial charge in [0.15, 0.2) is 0 Å². The molecule has 0 atom stereocenters. The molecule has 2 amide bonds. The van der Waals surface area contributed by atoms with E-state index in [0.29, 0.717) is 17.8 Å². The Morgan fingerprint density at radius 1 is 1.12 bits per heavy atom. The number of hydrogen-bond acceptors (Lipinski definition) is 3. The van der Waals surface area contributed by atoms with Crippen LogP contribution in [0.5, 0.6) is 0 Å². The van der Waals surface area contributed by atoms with Crippen molar-refractivity contribution in [3.63, 3.8) is 0 Å². The molecule has 1 aromatic heterocycles. The molecular weight excluding hydrogens is 304 g/mol. The number of carbonyl (C=O) groups excluding carboxylic acids is 2. The second-order valence-corrected chi connectivity index (χ2v) is 5.62. The van der Waals surface area contributed by atoms with Crippen LogP contribution in [0.15, 0.2) is 48.8 Å². The summed E-state index contributed by atoms with van der Waals surface area (Å²) in [5, 5.41) is 5.55. The lowest BCUT2D eigenvalue weighted by atomic mass is 10.1. The quantitative estimate of drug-likeness (QED) is 0.775. The number of fused-ring (bicyclic) bond motifs is 1. The number of aromatic nitrogens is 2. The van der Waals surface area contributed by atoms with Crippen LogP contribution in [0.3, 0.4) is 0 Å². The third-order valence-corrected chi connectivity index (χ3v) is 3.71. The molecular formula is C18H18N4O2. The van der Waals surface area contributed by atoms with Crippen molar-refractivity contribution >= 4 is 28.5 Å². The first-order chi connectivity index (χ1) is 11.5. The van der Waals surface area contributed by atoms with Crippen LogP contribution in [0.1, 0.15) is 22.8 Å². The van der Waals surface area contributed by atoms with E-state index in [4.69, 9.17) is 0 Å². The van der Waals surface area contributed by atoms with Crippen LogP contribution in [0.2, 0.25) is 0 Å². The molecule has 24 heavy (non-hydrogen) atoms. The van der Waals surface area contributed by atoms with E-state index in [1.54, 1.807) is 30.6 Å². The van der Waals surface area contributed by atoms with Crippen LogP contribution in [0.25, 0.3) is 11.0 Å². The van der Waals surface area contributed by atoms with Crippen molar-refractivity contribution in [3.8, 4) is 0 Å². The van der Waals surface area contributed by atoms with E-state index in [9.17, 15) is 9.59 Å². The highest BCUT2D eigenvalue weighted by molar-refractivity contribution is 5.95. The number of benzene rings is 2. The molecule has 0 spiro atoms. The summed E-state index contributed by atoms with van der Waals surface area (Å²) in [4.78, 5) is 27.5. The Labute approximate surface area is 139 Å². The van der Waals surface area contributed by atoms with Gasteiger partial charge in [-0.1, -0.05) is 6.07 Å². The molecule has 0 bridgehead atoms. The van der Waals surface area contributed by atoms with Gasteiger partial charge in [-0.25, -0.2) is 4.98 Å². The largest absolute Gasteiger partial charge is 0.348 e. The van der Waals surface area contributed by atoms with Gasteiger partial charge in [-0.3, -0.25) is 9.59 Å². The fourth-order valence-electron chi connectivity index (χ4n) is 2.48. The second kappa shape index (κ2) is 6.54. The minimum Gasteiger partial charge on any atom is -0.348 e. The highest BCUT2D eigenvalue weighted by atomic mass is 16.2. The lowest BCUT2D eigenvalue weighted by molar-refractivity contribution is -0.114. The summed E-state index contributed by atoms with van der Waals surface area (Å²) in [5.41, 5.74) is 4.16. The van der Waals surface area contributed by atoms with Crippen LogP contribution < -0.4 is 10.6 Å². The maximum Gasteiger partial charge on any atom is 0.251 e. The Kier molecular flexibility index (Phi) is 4.29. The monoisotopic (exact) mass is 322 g/mol. The zero-order valence-electron chi connectivity index (χ0n) is 13.5. The Balaban J connectivity index is 1.64. The molecule has 6 heteroatoms. The molecule has 0 saturated carbocycles. The number of hydrogen-bond donors (Lipinski definition) is 2. The molecule has 3 aromatic rings. The van der Waals surface area contributed by atoms with E-state index in [1.807, 2.05) is 29.8 Å². The first kappa shape index (κ1) is 15.7. The molecule has 2 N–H and O–H groups in total. The van der Waals surface area contributed by atoms with E-state index in [-0.39, 0.29) is 11.8 Å². The summed E-state index contributed by atoms with van der Waals surface area (Å²) in [6, 6.07) is 12.7. The third-order valence-electron chi connectivity index (χ3n) is 3.71. The fourth-order valence-corrected chi connectivity index (χ4v) is 2.48. The minimum absolute atomic E-state index is 0.142. The van der Waals surface area contributed by atoms with Crippen LogP contribution in [-0.2, 0) is 18.4 Å². The van der Waals surface area contributed by atoms with E-state index in [2.05, 4.69) is 15.6 Å². The SMILES string of the molecule is CC(=O)Nc1ccc(C(=O)NCc2ccc3c(c2)ncn3C)cc1. The number of nitrogens with one attached hydrogen (secondary N) is 2. The van der Waals surface area contributed by atoms with Gasteiger partial charge in [0, 0.05) is 31.8 Å². The Bertz CT molecular complexity index is 897. The zero-order valence-corrected chi connectivity index (χ0v) is 13.5. The van der Waals surface area contributed by atoms with Crippen LogP contribution in [-0.4, -0.2) is 21.4 Å². The number of nitrogens with zero attached hydrogens (tertiary/aromatic N) is 2. The van der Waals surface area contributed by atoms with Gasteiger partial charge >= 0.3 is 0 Å². The molecule has 2 aromatic carbocycles. The molecule has 0 fully saturated rings. The van der Waals surface area contributed by atoms with Crippen LogP contribution in [0, 0.1) is 0 Å². The normalized spacial score (nSPS) is 10.6. The summed E-state index contributed by atoms with van der Waals surface area (Å²) in [7, 11) is 1.95. The number of aryl methyl sites for hydroxylation is 1. The number of rotatable bonds is 4. The number of amides is 2. The van der Waals surface area contributed by atoms with Gasteiger partial charge in [0.2, 0.25) is 5.91 Å². The van der Waals surface area contributed by atoms with Crippen LogP contribution in [0.4, 0.5) is 5.69 Å². The van der Waals surface area contributed by atoms with E-state index in [0.717, 1.165) is 16.6 Å². The van der Waals surface area contributed by atoms with Crippen molar-refractivity contribution in [1.82, 2.24) is 14.9 Å². The highest BCUT2D eigenvalue weighted by Crippen LogP contribution is 2.14. The Morgan fingerprint density at radius 3 is 2.58 bits per heavy atom. The molecule has 0 aliphatic rings. The molecule has 0 aliphatic carbocycles. The molecule has 0 unspecified atom stereocenters. The molecule has 0 saturated heterocycles. The topological polar surface area (TPSA) is 76.0 Å². The van der Waals surface area contributed by atoms with Gasteiger partial charge < -0.3 is 15.2 Å². The summed E-state index contributed by atoms with van der Waals surface area (Å²) in [5.74, 6) is -0.303. The molecule has 122 valence electrons. The number of anilines is 1. The minimum atomic E-state index is -0.162. The maximum atomic E-state index is 12.2. The maximum absolute atomic E-state index is 12.2. The lowest BCUT2D eigenvalue weighted by Crippen LogP contribution is -2.22. The molecule has 3 rings (SSSR count). The predicted molar refractivity (Wildman–Crippen MR) is 92.6 cm³/mol. The number of imidazole rings is 1. The summed E-state index contributed by atoms with van der Waals surface area (Å²) < 4.78 is 1.95. The molecule has 1 heterocycles. The Morgan fingerprint density at radius 2 is 1.88 bits per heavy atom. The van der Waals surface area contributed by atoms with Gasteiger partial charge in [-0.05, 0) is 42.0 Å². The first-order valence-electron chi connectivity index (χ1n) is 7.59. The van der Waals surface area contributed by atoms with Crippen LogP contribution >= 0.6 is 0 Å². The van der Waals surface area contributed by atoms with Gasteiger partial charge in [-0.2, -0.15) is 0 Å². The standard InChI is InChI=1S/C18H18N4O2/c1-12(23)21-15-6-4-14(5-7-15)18(24)19-10-13-3-8-17-16(9-13)20-11-22(17)2/h3-9,11H,10H2,1-2H3,(H,19,24)(H,21,23). The highest BCUT2D eigenvalue weighted by Gasteiger charge is 2.07. The summed E-state index contributed by atoms with van der Waals surface area (Å²) >= 11 is 0. The van der Waals surface area contributed by atoms with Gasteiger partial charge in [0.25, 0.3) is 5.91 Å². The van der Waals surface area contributed by atoms with Gasteiger partial charge in [0.05, 0.1) is 17.4 Å². The second-order valence-electron chi connectivity index (χ2n) is 5.62. The van der Waals surface area contributed by atoms with Gasteiger partial charge in [-0.15, -0.1) is 0 Å². The molecule has 6 nitrogen and oxygen atoms in total. The first-order valence-corrected chi connectivity index (χ1v) is 7.59. The van der Waals surface area contributed by atoms with Crippen molar-refractivity contribution in [1.29, 1.82) is 0 Å². The fraction of sp³-hybridized carbons (Fsp3) is 0.167. The summed E-state index contributed by atoms with van der Waals surface area (Å²) in [6.07, 6.45) is 1.77. The Hall–Kier alpha value is -3.15. The lowest BCUT2D eigenvalue weighted by Gasteiger charge is -2.07. The van der Waals surface area contributed by atoms with Crippen molar-refractivity contribution < 1.29 is 9.59 Å². The molecule has 0 radical (unpaired) electrons. The third kappa shape index (κ3) is 3.43. The predicted octanol–water partition coefficient (Wildman–Crippen LogP) is 2.46. The van der Waals surface area contributed by atoms with Crippen molar-refractivity contribution in [2.75, 3.05) is 5.32 Å². The van der Waals surface area contributed by atoms with E-state index >= 15 is 0 Å². The molecule has 0 aliphatic heterocycles. The average Bonchev–Trinajstić information content (AvgIpc) is 2.93. The van der Waals surface area contributed by atoms with E-state index in [1.165, 1.54) is 6.92 Å². The van der Waals surface area contributed by atoms with Crippen molar-refractivity contribution in [3.05, 3.63) is 59.9 Å².